The summed E-state index contributed by atoms with van der Waals surface area (Å²) in [6.45, 7) is 4.60. The number of benzene rings is 1. The number of nitrogens with one attached hydrogen (secondary N) is 2. The fourth-order valence-corrected chi connectivity index (χ4v) is 4.22. The number of nitrogens with zero attached hydrogens (tertiary/aromatic N) is 3. The highest BCUT2D eigenvalue weighted by Crippen LogP contribution is 2.31. The van der Waals surface area contributed by atoms with Gasteiger partial charge in [-0.05, 0) is 56.0 Å². The van der Waals surface area contributed by atoms with E-state index in [4.69, 9.17) is 4.98 Å². The van der Waals surface area contributed by atoms with Crippen LogP contribution in [0.4, 0.5) is 10.5 Å². The molecular formula is C23H29N5O. The molecule has 1 fully saturated rings. The minimum Gasteiger partial charge on any atom is -0.337 e. The standard InChI is InChI=1S/C23H29N5O/c1-16-8-6-11-19(17(16)2)27-23(29)25-15-13-21-26-20-12-7-14-24-22(20)28(21)18-9-4-3-5-10-18/h6-8,11-12,14,18H,3-5,9-10,13,15H2,1-2H3,(H2,25,27,29). The molecule has 6 heteroatoms. The first kappa shape index (κ1) is 19.4. The second-order valence-electron chi connectivity index (χ2n) is 7.91. The fourth-order valence-electron chi connectivity index (χ4n) is 4.22. The Balaban J connectivity index is 1.44. The summed E-state index contributed by atoms with van der Waals surface area (Å²) < 4.78 is 2.32. The molecule has 3 aromatic rings. The average molecular weight is 392 g/mol. The van der Waals surface area contributed by atoms with E-state index < -0.39 is 0 Å². The molecule has 2 aromatic heterocycles. The lowest BCUT2D eigenvalue weighted by Crippen LogP contribution is -2.31. The van der Waals surface area contributed by atoms with Crippen LogP contribution in [0.3, 0.4) is 0 Å². The van der Waals surface area contributed by atoms with Gasteiger partial charge in [-0.2, -0.15) is 0 Å². The Morgan fingerprint density at radius 3 is 2.79 bits per heavy atom. The second-order valence-corrected chi connectivity index (χ2v) is 7.91. The first-order valence-electron chi connectivity index (χ1n) is 10.6. The van der Waals surface area contributed by atoms with Gasteiger partial charge in [0, 0.05) is 30.9 Å². The molecule has 1 saturated carbocycles. The smallest absolute Gasteiger partial charge is 0.319 e. The third-order valence-electron chi connectivity index (χ3n) is 5.95. The number of imidazole rings is 1. The van der Waals surface area contributed by atoms with E-state index in [2.05, 4.69) is 20.2 Å². The minimum absolute atomic E-state index is 0.183. The highest BCUT2D eigenvalue weighted by Gasteiger charge is 2.22. The van der Waals surface area contributed by atoms with Crippen LogP contribution in [0.15, 0.2) is 36.5 Å². The van der Waals surface area contributed by atoms with E-state index in [1.54, 1.807) is 0 Å². The van der Waals surface area contributed by atoms with Crippen molar-refractivity contribution in [2.24, 2.45) is 0 Å². The molecule has 1 aromatic carbocycles. The first-order valence-corrected chi connectivity index (χ1v) is 10.6. The van der Waals surface area contributed by atoms with Crippen LogP contribution in [0.2, 0.25) is 0 Å². The van der Waals surface area contributed by atoms with Gasteiger partial charge in [0.1, 0.15) is 11.3 Å². The van der Waals surface area contributed by atoms with Gasteiger partial charge in [-0.15, -0.1) is 0 Å². The fraction of sp³-hybridized carbons (Fsp3) is 0.435. The van der Waals surface area contributed by atoms with Gasteiger partial charge in [0.2, 0.25) is 0 Å². The molecule has 2 N–H and O–H groups in total. The number of carbonyl (C=O) groups is 1. The van der Waals surface area contributed by atoms with Gasteiger partial charge in [0.05, 0.1) is 0 Å². The molecule has 29 heavy (non-hydrogen) atoms. The van der Waals surface area contributed by atoms with Crippen molar-refractivity contribution in [2.75, 3.05) is 11.9 Å². The van der Waals surface area contributed by atoms with Crippen LogP contribution in [0, 0.1) is 13.8 Å². The van der Waals surface area contributed by atoms with Crippen molar-refractivity contribution in [2.45, 2.75) is 58.4 Å². The van der Waals surface area contributed by atoms with Crippen LogP contribution >= 0.6 is 0 Å². The summed E-state index contributed by atoms with van der Waals surface area (Å²) in [6.07, 6.45) is 8.70. The SMILES string of the molecule is Cc1cccc(NC(=O)NCCc2nc3cccnc3n2C2CCCCC2)c1C. The van der Waals surface area contributed by atoms with E-state index in [-0.39, 0.29) is 6.03 Å². The number of pyridine rings is 1. The van der Waals surface area contributed by atoms with Crippen molar-refractivity contribution in [1.82, 2.24) is 19.9 Å². The van der Waals surface area contributed by atoms with Crippen molar-refractivity contribution >= 4 is 22.9 Å². The van der Waals surface area contributed by atoms with Crippen LogP contribution in [-0.4, -0.2) is 27.1 Å². The maximum Gasteiger partial charge on any atom is 0.319 e. The largest absolute Gasteiger partial charge is 0.337 e. The molecule has 1 aliphatic carbocycles. The van der Waals surface area contributed by atoms with Crippen LogP contribution in [0.1, 0.15) is 55.1 Å². The van der Waals surface area contributed by atoms with Gasteiger partial charge < -0.3 is 15.2 Å². The van der Waals surface area contributed by atoms with Gasteiger partial charge in [-0.3, -0.25) is 0 Å². The van der Waals surface area contributed by atoms with Crippen LogP contribution in [-0.2, 0) is 6.42 Å². The molecule has 4 rings (SSSR count). The number of amides is 2. The Morgan fingerprint density at radius 2 is 1.97 bits per heavy atom. The summed E-state index contributed by atoms with van der Waals surface area (Å²) in [7, 11) is 0. The lowest BCUT2D eigenvalue weighted by molar-refractivity contribution is 0.252. The van der Waals surface area contributed by atoms with Gasteiger partial charge in [0.25, 0.3) is 0 Å². The maximum absolute atomic E-state index is 12.4. The lowest BCUT2D eigenvalue weighted by atomic mass is 9.95. The molecule has 0 spiro atoms. The summed E-state index contributed by atoms with van der Waals surface area (Å²) in [5, 5.41) is 5.93. The molecule has 2 heterocycles. The number of fused-ring (bicyclic) bond motifs is 1. The van der Waals surface area contributed by atoms with Crippen molar-refractivity contribution < 1.29 is 4.79 Å². The zero-order valence-electron chi connectivity index (χ0n) is 17.2. The van der Waals surface area contributed by atoms with E-state index in [1.165, 1.54) is 32.1 Å². The topological polar surface area (TPSA) is 71.8 Å². The Hall–Kier alpha value is -2.89. The number of carbonyl (C=O) groups excluding carboxylic acids is 1. The van der Waals surface area contributed by atoms with Crippen LogP contribution in [0.25, 0.3) is 11.2 Å². The Morgan fingerprint density at radius 1 is 1.14 bits per heavy atom. The first-order chi connectivity index (χ1) is 14.1. The monoisotopic (exact) mass is 391 g/mol. The number of hydrogen-bond acceptors (Lipinski definition) is 3. The molecule has 0 unspecified atom stereocenters. The number of hydrogen-bond donors (Lipinski definition) is 2. The Bertz CT molecular complexity index is 1000. The Kier molecular flexibility index (Phi) is 5.79. The minimum atomic E-state index is -0.183. The molecule has 6 nitrogen and oxygen atoms in total. The summed E-state index contributed by atoms with van der Waals surface area (Å²) in [4.78, 5) is 21.8. The molecule has 0 bridgehead atoms. The lowest BCUT2D eigenvalue weighted by Gasteiger charge is -2.25. The molecular weight excluding hydrogens is 362 g/mol. The maximum atomic E-state index is 12.4. The summed E-state index contributed by atoms with van der Waals surface area (Å²) >= 11 is 0. The quantitative estimate of drug-likeness (QED) is 0.648. The zero-order valence-corrected chi connectivity index (χ0v) is 17.2. The van der Waals surface area contributed by atoms with E-state index in [9.17, 15) is 4.79 Å². The highest BCUT2D eigenvalue weighted by molar-refractivity contribution is 5.90. The number of aryl methyl sites for hydroxylation is 1. The van der Waals surface area contributed by atoms with Crippen molar-refractivity contribution in [3.63, 3.8) is 0 Å². The number of anilines is 1. The third-order valence-corrected chi connectivity index (χ3v) is 5.95. The molecule has 0 radical (unpaired) electrons. The van der Waals surface area contributed by atoms with E-state index in [0.717, 1.165) is 33.8 Å². The van der Waals surface area contributed by atoms with Crippen LogP contribution in [0.5, 0.6) is 0 Å². The molecule has 1 aliphatic rings. The summed E-state index contributed by atoms with van der Waals surface area (Å²) in [5.41, 5.74) is 5.01. The summed E-state index contributed by atoms with van der Waals surface area (Å²) in [6, 6.07) is 10.2. The van der Waals surface area contributed by atoms with Gasteiger partial charge in [-0.25, -0.2) is 14.8 Å². The molecule has 0 atom stereocenters. The molecule has 152 valence electrons. The van der Waals surface area contributed by atoms with Crippen molar-refractivity contribution in [3.8, 4) is 0 Å². The molecule has 0 aliphatic heterocycles. The van der Waals surface area contributed by atoms with E-state index in [0.29, 0.717) is 19.0 Å². The normalized spacial score (nSPS) is 14.8. The van der Waals surface area contributed by atoms with Crippen molar-refractivity contribution in [1.29, 1.82) is 0 Å². The Labute approximate surface area is 171 Å². The number of rotatable bonds is 5. The van der Waals surface area contributed by atoms with Gasteiger partial charge >= 0.3 is 6.03 Å². The predicted molar refractivity (Wildman–Crippen MR) is 116 cm³/mol. The summed E-state index contributed by atoms with van der Waals surface area (Å²) in [5.74, 6) is 1.01. The van der Waals surface area contributed by atoms with E-state index in [1.807, 2.05) is 50.4 Å². The van der Waals surface area contributed by atoms with Gasteiger partial charge in [0.15, 0.2) is 5.65 Å². The third kappa shape index (κ3) is 4.26. The van der Waals surface area contributed by atoms with Crippen LogP contribution < -0.4 is 10.6 Å². The highest BCUT2D eigenvalue weighted by atomic mass is 16.2. The van der Waals surface area contributed by atoms with Gasteiger partial charge in [-0.1, -0.05) is 31.4 Å². The molecule has 0 saturated heterocycles. The van der Waals surface area contributed by atoms with E-state index >= 15 is 0 Å². The predicted octanol–water partition coefficient (Wildman–Crippen LogP) is 4.92. The number of urea groups is 1. The van der Waals surface area contributed by atoms with Crippen molar-refractivity contribution in [3.05, 3.63) is 53.5 Å². The second kappa shape index (κ2) is 8.64. The average Bonchev–Trinajstić information content (AvgIpc) is 3.10. The zero-order chi connectivity index (χ0) is 20.2. The molecule has 2 amide bonds. The number of aromatic nitrogens is 3.